The topological polar surface area (TPSA) is 87.5 Å². The summed E-state index contributed by atoms with van der Waals surface area (Å²) in [7, 11) is 0. The lowest BCUT2D eigenvalue weighted by Gasteiger charge is -1.94. The fourth-order valence-corrected chi connectivity index (χ4v) is 2.23. The third-order valence-corrected chi connectivity index (χ3v) is 3.21. The molecule has 0 fully saturated rings. The summed E-state index contributed by atoms with van der Waals surface area (Å²) in [6.45, 7) is 0. The van der Waals surface area contributed by atoms with Gasteiger partial charge in [-0.15, -0.1) is 11.3 Å². The summed E-state index contributed by atoms with van der Waals surface area (Å²) in [6.07, 6.45) is 0. The molecule has 0 saturated heterocycles. The van der Waals surface area contributed by atoms with Gasteiger partial charge >= 0.3 is 11.9 Å². The maximum atomic E-state index is 12.7. The molecule has 0 amide bonds. The van der Waals surface area contributed by atoms with E-state index < -0.39 is 23.4 Å². The van der Waals surface area contributed by atoms with E-state index in [1.807, 2.05) is 0 Å². The first-order valence-electron chi connectivity index (χ1n) is 4.72. The summed E-state index contributed by atoms with van der Waals surface area (Å²) >= 11 is 0.741. The number of aromatic nitrogens is 1. The van der Waals surface area contributed by atoms with Gasteiger partial charge in [0.1, 0.15) is 15.7 Å². The predicted molar refractivity (Wildman–Crippen MR) is 61.4 cm³/mol. The second-order valence-electron chi connectivity index (χ2n) is 3.31. The summed E-state index contributed by atoms with van der Waals surface area (Å²) in [5.74, 6) is -3.19. The van der Waals surface area contributed by atoms with Crippen LogP contribution in [-0.4, -0.2) is 27.1 Å². The monoisotopic (exact) mass is 267 g/mol. The molecule has 5 nitrogen and oxygen atoms in total. The Labute approximate surface area is 104 Å². The van der Waals surface area contributed by atoms with E-state index >= 15 is 0 Å². The molecular weight excluding hydrogens is 261 g/mol. The second kappa shape index (κ2) is 4.53. The quantitative estimate of drug-likeness (QED) is 0.891. The standard InChI is InChI=1S/C11H6FNO4S/c12-6-3-1-5(2-4-6)9-13-7(10(14)15)8(18-9)11(16)17/h1-4H,(H,14,15)(H,16,17). The summed E-state index contributed by atoms with van der Waals surface area (Å²) < 4.78 is 12.7. The van der Waals surface area contributed by atoms with Gasteiger partial charge in [0.15, 0.2) is 5.69 Å². The molecule has 0 atom stereocenters. The van der Waals surface area contributed by atoms with Gasteiger partial charge in [-0.1, -0.05) is 0 Å². The molecule has 1 aromatic heterocycles. The molecule has 7 heteroatoms. The van der Waals surface area contributed by atoms with E-state index in [1.54, 1.807) is 0 Å². The summed E-state index contributed by atoms with van der Waals surface area (Å²) in [5, 5.41) is 17.9. The number of hydrogen-bond donors (Lipinski definition) is 2. The zero-order valence-corrected chi connectivity index (χ0v) is 9.57. The molecular formula is C11H6FNO4S. The molecule has 1 heterocycles. The number of hydrogen-bond acceptors (Lipinski definition) is 4. The van der Waals surface area contributed by atoms with Crippen LogP contribution in [0.15, 0.2) is 24.3 Å². The average molecular weight is 267 g/mol. The number of halogens is 1. The highest BCUT2D eigenvalue weighted by atomic mass is 32.1. The van der Waals surface area contributed by atoms with Crippen molar-refractivity contribution in [3.63, 3.8) is 0 Å². The van der Waals surface area contributed by atoms with Crippen molar-refractivity contribution in [1.82, 2.24) is 4.98 Å². The Hall–Kier alpha value is -2.28. The van der Waals surface area contributed by atoms with Crippen LogP contribution in [0.2, 0.25) is 0 Å². The van der Waals surface area contributed by atoms with Gasteiger partial charge in [0.05, 0.1) is 0 Å². The molecule has 0 spiro atoms. The Balaban J connectivity index is 2.53. The summed E-state index contributed by atoms with van der Waals surface area (Å²) in [5.41, 5.74) is -0.0387. The Morgan fingerprint density at radius 3 is 2.17 bits per heavy atom. The maximum absolute atomic E-state index is 12.7. The summed E-state index contributed by atoms with van der Waals surface area (Å²) in [4.78, 5) is 25.1. The third-order valence-electron chi connectivity index (χ3n) is 2.12. The van der Waals surface area contributed by atoms with Crippen LogP contribution in [0.5, 0.6) is 0 Å². The van der Waals surface area contributed by atoms with E-state index in [1.165, 1.54) is 24.3 Å². The van der Waals surface area contributed by atoms with Crippen LogP contribution < -0.4 is 0 Å². The molecule has 0 saturated carbocycles. The van der Waals surface area contributed by atoms with E-state index in [0.717, 1.165) is 11.3 Å². The van der Waals surface area contributed by atoms with Crippen molar-refractivity contribution in [2.24, 2.45) is 0 Å². The molecule has 18 heavy (non-hydrogen) atoms. The van der Waals surface area contributed by atoms with Gasteiger partial charge in [-0.3, -0.25) is 0 Å². The van der Waals surface area contributed by atoms with E-state index in [-0.39, 0.29) is 9.88 Å². The zero-order chi connectivity index (χ0) is 13.3. The Bertz CT molecular complexity index is 589. The molecule has 0 aliphatic carbocycles. The largest absolute Gasteiger partial charge is 0.477 e. The number of nitrogens with zero attached hydrogens (tertiary/aromatic N) is 1. The molecule has 1 aromatic carbocycles. The van der Waals surface area contributed by atoms with Gasteiger partial charge in [-0.05, 0) is 24.3 Å². The zero-order valence-electron chi connectivity index (χ0n) is 8.75. The lowest BCUT2D eigenvalue weighted by atomic mass is 10.2. The minimum atomic E-state index is -1.41. The van der Waals surface area contributed by atoms with Crippen molar-refractivity contribution in [3.8, 4) is 10.6 Å². The number of thiazole rings is 1. The van der Waals surface area contributed by atoms with E-state index in [0.29, 0.717) is 5.56 Å². The fraction of sp³-hybridized carbons (Fsp3) is 0. The van der Waals surface area contributed by atoms with Crippen LogP contribution in [0.1, 0.15) is 20.2 Å². The number of carbonyl (C=O) groups is 2. The summed E-state index contributed by atoms with van der Waals surface area (Å²) in [6, 6.07) is 5.20. The van der Waals surface area contributed by atoms with Gasteiger partial charge < -0.3 is 10.2 Å². The Morgan fingerprint density at radius 2 is 1.72 bits per heavy atom. The van der Waals surface area contributed by atoms with Gasteiger partial charge in [0.2, 0.25) is 0 Å². The minimum Gasteiger partial charge on any atom is -0.477 e. The van der Waals surface area contributed by atoms with Crippen LogP contribution in [0, 0.1) is 5.82 Å². The van der Waals surface area contributed by atoms with Gasteiger partial charge in [0.25, 0.3) is 0 Å². The van der Waals surface area contributed by atoms with Crippen molar-refractivity contribution < 1.29 is 24.2 Å². The Kier molecular flexibility index (Phi) is 3.07. The number of benzene rings is 1. The maximum Gasteiger partial charge on any atom is 0.356 e. The van der Waals surface area contributed by atoms with E-state index in [2.05, 4.69) is 4.98 Å². The molecule has 0 aliphatic heterocycles. The van der Waals surface area contributed by atoms with Crippen molar-refractivity contribution in [3.05, 3.63) is 40.7 Å². The minimum absolute atomic E-state index is 0.227. The van der Waals surface area contributed by atoms with Crippen LogP contribution >= 0.6 is 11.3 Å². The molecule has 0 aliphatic rings. The van der Waals surface area contributed by atoms with Crippen LogP contribution in [-0.2, 0) is 0 Å². The number of carboxylic acids is 2. The lowest BCUT2D eigenvalue weighted by molar-refractivity contribution is 0.0651. The number of aromatic carboxylic acids is 2. The highest BCUT2D eigenvalue weighted by molar-refractivity contribution is 7.17. The van der Waals surface area contributed by atoms with Crippen LogP contribution in [0.4, 0.5) is 4.39 Å². The number of carboxylic acid groups (broad SMARTS) is 2. The van der Waals surface area contributed by atoms with Gasteiger partial charge in [-0.2, -0.15) is 0 Å². The first-order chi connectivity index (χ1) is 8.49. The highest BCUT2D eigenvalue weighted by Gasteiger charge is 2.23. The normalized spacial score (nSPS) is 10.3. The fourth-order valence-electron chi connectivity index (χ4n) is 1.33. The molecule has 2 aromatic rings. The smallest absolute Gasteiger partial charge is 0.356 e. The highest BCUT2D eigenvalue weighted by Crippen LogP contribution is 2.28. The van der Waals surface area contributed by atoms with Crippen LogP contribution in [0.3, 0.4) is 0 Å². The first kappa shape index (κ1) is 12.2. The SMILES string of the molecule is O=C(O)c1nc(-c2ccc(F)cc2)sc1C(=O)O. The molecule has 0 bridgehead atoms. The molecule has 2 rings (SSSR count). The lowest BCUT2D eigenvalue weighted by Crippen LogP contribution is -2.05. The number of rotatable bonds is 3. The first-order valence-corrected chi connectivity index (χ1v) is 5.54. The van der Waals surface area contributed by atoms with Crippen molar-refractivity contribution >= 4 is 23.3 Å². The molecule has 0 radical (unpaired) electrons. The van der Waals surface area contributed by atoms with Crippen LogP contribution in [0.25, 0.3) is 10.6 Å². The van der Waals surface area contributed by atoms with Crippen molar-refractivity contribution in [1.29, 1.82) is 0 Å². The Morgan fingerprint density at radius 1 is 1.11 bits per heavy atom. The molecule has 2 N–H and O–H groups in total. The predicted octanol–water partition coefficient (Wildman–Crippen LogP) is 2.35. The van der Waals surface area contributed by atoms with Gasteiger partial charge in [-0.25, -0.2) is 19.0 Å². The van der Waals surface area contributed by atoms with Crippen molar-refractivity contribution in [2.75, 3.05) is 0 Å². The molecule has 92 valence electrons. The van der Waals surface area contributed by atoms with E-state index in [9.17, 15) is 14.0 Å². The van der Waals surface area contributed by atoms with Crippen molar-refractivity contribution in [2.45, 2.75) is 0 Å². The van der Waals surface area contributed by atoms with Gasteiger partial charge in [0, 0.05) is 5.56 Å². The average Bonchev–Trinajstić information content (AvgIpc) is 2.75. The second-order valence-corrected chi connectivity index (χ2v) is 4.31. The third kappa shape index (κ3) is 2.21. The molecule has 0 unspecified atom stereocenters. The van der Waals surface area contributed by atoms with E-state index in [4.69, 9.17) is 10.2 Å².